The Hall–Kier alpha value is -1.30. The Morgan fingerprint density at radius 1 is 1.09 bits per heavy atom. The van der Waals surface area contributed by atoms with Crippen LogP contribution in [0.3, 0.4) is 0 Å². The average Bonchev–Trinajstić information content (AvgIpc) is 2.48. The molecule has 0 saturated carbocycles. The van der Waals surface area contributed by atoms with Gasteiger partial charge >= 0.3 is 5.97 Å². The van der Waals surface area contributed by atoms with Crippen molar-refractivity contribution in [2.45, 2.75) is 24.5 Å². The molecular formula is C17H16O2S3. The number of hydrogen-bond acceptors (Lipinski definition) is 5. The molecule has 114 valence electrons. The van der Waals surface area contributed by atoms with E-state index in [1.165, 1.54) is 12.5 Å². The summed E-state index contributed by atoms with van der Waals surface area (Å²) in [7, 11) is 0. The third kappa shape index (κ3) is 5.83. The summed E-state index contributed by atoms with van der Waals surface area (Å²) in [6, 6.07) is 15.8. The molecule has 2 aromatic carbocycles. The first-order chi connectivity index (χ1) is 10.5. The van der Waals surface area contributed by atoms with Crippen LogP contribution in [0.25, 0.3) is 0 Å². The van der Waals surface area contributed by atoms with Gasteiger partial charge in [0.1, 0.15) is 9.28 Å². The summed E-state index contributed by atoms with van der Waals surface area (Å²) in [6.45, 7) is 3.46. The van der Waals surface area contributed by atoms with E-state index in [-0.39, 0.29) is 5.97 Å². The molecule has 0 unspecified atom stereocenters. The molecule has 0 saturated heterocycles. The van der Waals surface area contributed by atoms with Crippen molar-refractivity contribution in [1.29, 1.82) is 0 Å². The molecule has 2 aromatic rings. The summed E-state index contributed by atoms with van der Waals surface area (Å²) in [5, 5.41) is 0. The van der Waals surface area contributed by atoms with Crippen LogP contribution >= 0.6 is 35.7 Å². The first kappa shape index (κ1) is 17.1. The largest absolute Gasteiger partial charge is 0.427 e. The molecule has 0 aliphatic carbocycles. The molecule has 0 aliphatic heterocycles. The monoisotopic (exact) mass is 348 g/mol. The zero-order valence-corrected chi connectivity index (χ0v) is 14.8. The highest BCUT2D eigenvalue weighted by Gasteiger charge is 2.03. The fourth-order valence-corrected chi connectivity index (χ4v) is 3.80. The molecule has 2 nitrogen and oxygen atoms in total. The van der Waals surface area contributed by atoms with E-state index in [4.69, 9.17) is 17.0 Å². The quantitative estimate of drug-likeness (QED) is 0.326. The molecular weight excluding hydrogens is 332 g/mol. The number of rotatable bonds is 4. The lowest BCUT2D eigenvalue weighted by molar-refractivity contribution is -0.131. The molecule has 0 N–H and O–H groups in total. The highest BCUT2D eigenvalue weighted by atomic mass is 32.2. The Bertz CT molecular complexity index is 649. The van der Waals surface area contributed by atoms with Crippen molar-refractivity contribution in [3.8, 4) is 5.75 Å². The van der Waals surface area contributed by atoms with Crippen LogP contribution in [0, 0.1) is 6.92 Å². The first-order valence-corrected chi connectivity index (χ1v) is 8.92. The molecule has 0 aromatic heterocycles. The van der Waals surface area contributed by atoms with Crippen molar-refractivity contribution >= 4 is 45.2 Å². The van der Waals surface area contributed by atoms with E-state index >= 15 is 0 Å². The molecule has 0 amide bonds. The predicted octanol–water partition coefficient (Wildman–Crippen LogP) is 5.23. The minimum atomic E-state index is -0.308. The molecule has 0 bridgehead atoms. The summed E-state index contributed by atoms with van der Waals surface area (Å²) < 4.78 is 5.90. The van der Waals surface area contributed by atoms with E-state index in [9.17, 15) is 4.79 Å². The standard InChI is InChI=1S/C17H16O2S3/c1-12-3-9-16(10-4-12)22-17(20)21-11-14-5-7-15(8-6-14)19-13(2)18/h3-10H,11H2,1-2H3. The van der Waals surface area contributed by atoms with Crippen LogP contribution in [0.1, 0.15) is 18.1 Å². The number of thiocarbonyl (C=S) groups is 1. The smallest absolute Gasteiger partial charge is 0.308 e. The molecule has 0 spiro atoms. The van der Waals surface area contributed by atoms with Crippen molar-refractivity contribution in [2.24, 2.45) is 0 Å². The maximum absolute atomic E-state index is 10.9. The third-order valence-corrected chi connectivity index (χ3v) is 5.36. The topological polar surface area (TPSA) is 26.3 Å². The van der Waals surface area contributed by atoms with Gasteiger partial charge in [-0.15, -0.1) is 11.8 Å². The summed E-state index contributed by atoms with van der Waals surface area (Å²) in [5.74, 6) is 1.06. The summed E-state index contributed by atoms with van der Waals surface area (Å²) >= 11 is 8.65. The number of hydrogen-bond donors (Lipinski definition) is 0. The zero-order valence-electron chi connectivity index (χ0n) is 12.4. The van der Waals surface area contributed by atoms with Gasteiger partial charge in [-0.05, 0) is 36.8 Å². The summed E-state index contributed by atoms with van der Waals surface area (Å²) in [5.41, 5.74) is 2.39. The van der Waals surface area contributed by atoms with Gasteiger partial charge in [0.05, 0.1) is 0 Å². The SMILES string of the molecule is CC(=O)Oc1ccc(CSC(=S)Sc2ccc(C)cc2)cc1. The number of carbonyl (C=O) groups excluding carboxylic acids is 1. The Labute approximate surface area is 144 Å². The van der Waals surface area contributed by atoms with Crippen LogP contribution < -0.4 is 4.74 Å². The van der Waals surface area contributed by atoms with E-state index < -0.39 is 0 Å². The number of aryl methyl sites for hydroxylation is 1. The van der Waals surface area contributed by atoms with Gasteiger partial charge in [0, 0.05) is 17.6 Å². The van der Waals surface area contributed by atoms with Crippen molar-refractivity contribution < 1.29 is 9.53 Å². The first-order valence-electron chi connectivity index (χ1n) is 6.71. The van der Waals surface area contributed by atoms with E-state index in [1.54, 1.807) is 35.7 Å². The maximum atomic E-state index is 10.9. The van der Waals surface area contributed by atoms with Crippen molar-refractivity contribution in [2.75, 3.05) is 0 Å². The maximum Gasteiger partial charge on any atom is 0.308 e. The fraction of sp³-hybridized carbons (Fsp3) is 0.176. The second kappa shape index (κ2) is 8.36. The van der Waals surface area contributed by atoms with Crippen LogP contribution in [-0.2, 0) is 10.5 Å². The lowest BCUT2D eigenvalue weighted by Crippen LogP contribution is -2.01. The predicted molar refractivity (Wildman–Crippen MR) is 98.7 cm³/mol. The average molecular weight is 349 g/mol. The molecule has 2 rings (SSSR count). The molecule has 0 aliphatic rings. The van der Waals surface area contributed by atoms with Crippen LogP contribution in [0.2, 0.25) is 0 Å². The lowest BCUT2D eigenvalue weighted by Gasteiger charge is -2.05. The molecule has 5 heteroatoms. The molecule has 22 heavy (non-hydrogen) atoms. The van der Waals surface area contributed by atoms with Gasteiger partial charge in [0.2, 0.25) is 0 Å². The van der Waals surface area contributed by atoms with E-state index in [2.05, 4.69) is 31.2 Å². The molecule has 0 atom stereocenters. The van der Waals surface area contributed by atoms with Gasteiger partial charge in [0.25, 0.3) is 0 Å². The van der Waals surface area contributed by atoms with Crippen molar-refractivity contribution in [1.82, 2.24) is 0 Å². The van der Waals surface area contributed by atoms with Gasteiger partial charge in [-0.25, -0.2) is 0 Å². The van der Waals surface area contributed by atoms with E-state index in [1.807, 2.05) is 12.1 Å². The lowest BCUT2D eigenvalue weighted by atomic mass is 10.2. The minimum absolute atomic E-state index is 0.308. The van der Waals surface area contributed by atoms with Crippen molar-refractivity contribution in [3.63, 3.8) is 0 Å². The number of thioether (sulfide) groups is 2. The van der Waals surface area contributed by atoms with Crippen LogP contribution in [0.4, 0.5) is 0 Å². The zero-order chi connectivity index (χ0) is 15.9. The van der Waals surface area contributed by atoms with E-state index in [0.717, 1.165) is 19.7 Å². The van der Waals surface area contributed by atoms with Gasteiger partial charge in [-0.1, -0.05) is 53.8 Å². The highest BCUT2D eigenvalue weighted by molar-refractivity contribution is 8.46. The van der Waals surface area contributed by atoms with Gasteiger partial charge in [0.15, 0.2) is 0 Å². The Balaban J connectivity index is 1.83. The van der Waals surface area contributed by atoms with Gasteiger partial charge < -0.3 is 4.74 Å². The number of esters is 1. The normalized spacial score (nSPS) is 10.3. The van der Waals surface area contributed by atoms with Crippen molar-refractivity contribution in [3.05, 3.63) is 59.7 Å². The van der Waals surface area contributed by atoms with Gasteiger partial charge in [-0.2, -0.15) is 0 Å². The van der Waals surface area contributed by atoms with E-state index in [0.29, 0.717) is 5.75 Å². The Morgan fingerprint density at radius 2 is 1.73 bits per heavy atom. The van der Waals surface area contributed by atoms with Crippen LogP contribution in [0.5, 0.6) is 5.75 Å². The summed E-state index contributed by atoms with van der Waals surface area (Å²) in [6.07, 6.45) is 0. The number of benzene rings is 2. The second-order valence-electron chi connectivity index (χ2n) is 4.69. The fourth-order valence-electron chi connectivity index (χ4n) is 1.69. The molecule has 0 heterocycles. The highest BCUT2D eigenvalue weighted by Crippen LogP contribution is 2.28. The van der Waals surface area contributed by atoms with Gasteiger partial charge in [-0.3, -0.25) is 4.79 Å². The minimum Gasteiger partial charge on any atom is -0.427 e. The summed E-state index contributed by atoms with van der Waals surface area (Å²) in [4.78, 5) is 12.0. The van der Waals surface area contributed by atoms with Crippen LogP contribution in [-0.4, -0.2) is 9.50 Å². The Kier molecular flexibility index (Phi) is 6.49. The molecule has 0 radical (unpaired) electrons. The Morgan fingerprint density at radius 3 is 2.32 bits per heavy atom. The second-order valence-corrected chi connectivity index (χ2v) is 7.94. The third-order valence-electron chi connectivity index (χ3n) is 2.76. The molecule has 0 fully saturated rings. The number of ether oxygens (including phenoxy) is 1. The number of carbonyl (C=O) groups is 1. The van der Waals surface area contributed by atoms with Crippen LogP contribution in [0.15, 0.2) is 53.4 Å².